The minimum atomic E-state index is -1.25. The lowest BCUT2D eigenvalue weighted by Crippen LogP contribution is -2.56. The zero-order valence-electron chi connectivity index (χ0n) is 19.5. The van der Waals surface area contributed by atoms with Crippen molar-refractivity contribution in [3.63, 3.8) is 0 Å². The fourth-order valence-electron chi connectivity index (χ4n) is 5.63. The van der Waals surface area contributed by atoms with E-state index in [4.69, 9.17) is 4.74 Å². The van der Waals surface area contributed by atoms with Crippen LogP contribution in [0.4, 0.5) is 0 Å². The van der Waals surface area contributed by atoms with Crippen LogP contribution in [0.2, 0.25) is 0 Å². The van der Waals surface area contributed by atoms with Gasteiger partial charge in [-0.3, -0.25) is 24.1 Å². The number of carbonyl (C=O) groups is 4. The Morgan fingerprint density at radius 2 is 1.82 bits per heavy atom. The van der Waals surface area contributed by atoms with Crippen LogP contribution in [0.15, 0.2) is 24.3 Å². The van der Waals surface area contributed by atoms with Crippen molar-refractivity contribution < 1.29 is 23.9 Å². The summed E-state index contributed by atoms with van der Waals surface area (Å²) in [7, 11) is 1.52. The summed E-state index contributed by atoms with van der Waals surface area (Å²) < 4.78 is 5.07. The summed E-state index contributed by atoms with van der Waals surface area (Å²) in [6.45, 7) is 3.32. The van der Waals surface area contributed by atoms with Crippen LogP contribution < -0.4 is 0 Å². The van der Waals surface area contributed by atoms with E-state index in [1.165, 1.54) is 12.0 Å². The Hall–Kier alpha value is -2.74. The van der Waals surface area contributed by atoms with Crippen LogP contribution in [-0.4, -0.2) is 84.3 Å². The van der Waals surface area contributed by atoms with Gasteiger partial charge in [-0.15, -0.1) is 0 Å². The Kier molecular flexibility index (Phi) is 6.83. The summed E-state index contributed by atoms with van der Waals surface area (Å²) in [5.41, 5.74) is 0.313. The number of hydrogen-bond acceptors (Lipinski definition) is 5. The average molecular weight is 456 g/mol. The van der Waals surface area contributed by atoms with Crippen LogP contribution in [0.1, 0.15) is 49.7 Å². The van der Waals surface area contributed by atoms with Crippen LogP contribution in [-0.2, 0) is 29.3 Å². The molecular weight excluding hydrogens is 422 g/mol. The Morgan fingerprint density at radius 3 is 2.48 bits per heavy atom. The third kappa shape index (κ3) is 4.40. The number of amides is 4. The van der Waals surface area contributed by atoms with Crippen molar-refractivity contribution in [1.82, 2.24) is 14.7 Å². The maximum atomic E-state index is 13.6. The number of imide groups is 1. The van der Waals surface area contributed by atoms with Crippen molar-refractivity contribution in [3.05, 3.63) is 35.4 Å². The molecule has 8 heteroatoms. The highest BCUT2D eigenvalue weighted by atomic mass is 16.5. The second-order valence-corrected chi connectivity index (χ2v) is 9.43. The number of piperazine rings is 1. The molecule has 4 amide bonds. The highest BCUT2D eigenvalue weighted by molar-refractivity contribution is 6.11. The number of ether oxygens (including phenoxy) is 1. The summed E-state index contributed by atoms with van der Waals surface area (Å²) in [4.78, 5) is 57.4. The minimum absolute atomic E-state index is 0.0259. The van der Waals surface area contributed by atoms with E-state index in [2.05, 4.69) is 0 Å². The van der Waals surface area contributed by atoms with Crippen LogP contribution in [0, 0.1) is 6.92 Å². The van der Waals surface area contributed by atoms with Crippen molar-refractivity contribution in [2.75, 3.05) is 39.9 Å². The largest absolute Gasteiger partial charge is 0.383 e. The molecule has 33 heavy (non-hydrogen) atoms. The van der Waals surface area contributed by atoms with Gasteiger partial charge in [0.25, 0.3) is 0 Å². The van der Waals surface area contributed by atoms with Gasteiger partial charge in [-0.2, -0.15) is 0 Å². The van der Waals surface area contributed by atoms with E-state index in [9.17, 15) is 19.2 Å². The lowest BCUT2D eigenvalue weighted by molar-refractivity contribution is -0.149. The van der Waals surface area contributed by atoms with Crippen molar-refractivity contribution in [2.24, 2.45) is 0 Å². The second kappa shape index (κ2) is 9.63. The SMILES string of the molecule is COCCN1C(=O)C[C@@](CC(=O)N2CCN(C3CCCC3)C(=O)C2)(c2ccccc2C)C1=O. The van der Waals surface area contributed by atoms with Crippen molar-refractivity contribution >= 4 is 23.6 Å². The van der Waals surface area contributed by atoms with E-state index in [-0.39, 0.29) is 62.2 Å². The molecule has 1 saturated carbocycles. The Bertz CT molecular complexity index is 942. The molecule has 0 bridgehead atoms. The number of nitrogens with zero attached hydrogens (tertiary/aromatic N) is 3. The lowest BCUT2D eigenvalue weighted by Gasteiger charge is -2.39. The Balaban J connectivity index is 1.56. The molecule has 0 aromatic heterocycles. The van der Waals surface area contributed by atoms with Crippen LogP contribution in [0.3, 0.4) is 0 Å². The maximum Gasteiger partial charge on any atom is 0.242 e. The molecule has 8 nitrogen and oxygen atoms in total. The quantitative estimate of drug-likeness (QED) is 0.584. The third-order valence-electron chi connectivity index (χ3n) is 7.42. The monoisotopic (exact) mass is 455 g/mol. The van der Waals surface area contributed by atoms with Gasteiger partial charge in [0, 0.05) is 39.1 Å². The molecule has 4 rings (SSSR count). The lowest BCUT2D eigenvalue weighted by atomic mass is 9.74. The van der Waals surface area contributed by atoms with Gasteiger partial charge in [0.15, 0.2) is 0 Å². The standard InChI is InChI=1S/C25H33N3O5/c1-18-7-3-6-10-20(18)25(16-22(30)28(24(25)32)13-14-33-2)15-21(29)26-11-12-27(23(31)17-26)19-8-4-5-9-19/h3,6-7,10,19H,4-5,8-9,11-17H2,1-2H3/t25-/m0/s1. The summed E-state index contributed by atoms with van der Waals surface area (Å²) in [5, 5.41) is 0. The first-order valence-electron chi connectivity index (χ1n) is 11.8. The summed E-state index contributed by atoms with van der Waals surface area (Å²) in [5.74, 6) is -0.937. The molecule has 0 spiro atoms. The molecule has 1 atom stereocenters. The molecule has 0 unspecified atom stereocenters. The number of methoxy groups -OCH3 is 1. The van der Waals surface area contributed by atoms with E-state index in [0.29, 0.717) is 18.7 Å². The number of carbonyl (C=O) groups excluding carboxylic acids is 4. The fraction of sp³-hybridized carbons (Fsp3) is 0.600. The van der Waals surface area contributed by atoms with Crippen LogP contribution in [0.5, 0.6) is 0 Å². The maximum absolute atomic E-state index is 13.6. The average Bonchev–Trinajstić information content (AvgIpc) is 3.40. The first-order valence-corrected chi connectivity index (χ1v) is 11.8. The van der Waals surface area contributed by atoms with Gasteiger partial charge in [0.1, 0.15) is 0 Å². The van der Waals surface area contributed by atoms with Crippen molar-refractivity contribution in [3.8, 4) is 0 Å². The zero-order chi connectivity index (χ0) is 23.6. The van der Waals surface area contributed by atoms with Crippen molar-refractivity contribution in [2.45, 2.75) is 56.9 Å². The highest BCUT2D eigenvalue weighted by Gasteiger charge is 2.54. The fourth-order valence-corrected chi connectivity index (χ4v) is 5.63. The summed E-state index contributed by atoms with van der Waals surface area (Å²) in [6.07, 6.45) is 4.18. The Labute approximate surface area is 194 Å². The number of likely N-dealkylation sites (tertiary alicyclic amines) is 1. The van der Waals surface area contributed by atoms with E-state index in [0.717, 1.165) is 31.2 Å². The number of aryl methyl sites for hydroxylation is 1. The Morgan fingerprint density at radius 1 is 1.09 bits per heavy atom. The molecular formula is C25H33N3O5. The molecule has 2 saturated heterocycles. The predicted molar refractivity (Wildman–Crippen MR) is 121 cm³/mol. The molecule has 1 aliphatic carbocycles. The van der Waals surface area contributed by atoms with Crippen molar-refractivity contribution in [1.29, 1.82) is 0 Å². The predicted octanol–water partition coefficient (Wildman–Crippen LogP) is 1.64. The van der Waals surface area contributed by atoms with Crippen LogP contribution >= 0.6 is 0 Å². The van der Waals surface area contributed by atoms with Gasteiger partial charge in [-0.05, 0) is 30.9 Å². The molecule has 0 N–H and O–H groups in total. The topological polar surface area (TPSA) is 87.2 Å². The van der Waals surface area contributed by atoms with E-state index in [1.54, 1.807) is 4.90 Å². The van der Waals surface area contributed by atoms with Crippen LogP contribution in [0.25, 0.3) is 0 Å². The van der Waals surface area contributed by atoms with E-state index >= 15 is 0 Å². The molecule has 3 aliphatic rings. The summed E-state index contributed by atoms with van der Waals surface area (Å²) >= 11 is 0. The number of benzene rings is 1. The molecule has 3 fully saturated rings. The molecule has 1 aromatic rings. The van der Waals surface area contributed by atoms with E-state index < -0.39 is 5.41 Å². The van der Waals surface area contributed by atoms with Gasteiger partial charge in [-0.1, -0.05) is 37.1 Å². The summed E-state index contributed by atoms with van der Waals surface area (Å²) in [6, 6.07) is 7.71. The van der Waals surface area contributed by atoms with E-state index in [1.807, 2.05) is 36.1 Å². The first kappa shape index (κ1) is 23.4. The molecule has 2 aliphatic heterocycles. The van der Waals surface area contributed by atoms with Gasteiger partial charge in [0.2, 0.25) is 23.6 Å². The normalized spacial score (nSPS) is 24.3. The molecule has 1 aromatic carbocycles. The number of rotatable bonds is 7. The zero-order valence-corrected chi connectivity index (χ0v) is 19.5. The highest BCUT2D eigenvalue weighted by Crippen LogP contribution is 2.41. The first-order chi connectivity index (χ1) is 15.9. The number of hydrogen-bond donors (Lipinski definition) is 0. The molecule has 2 heterocycles. The minimum Gasteiger partial charge on any atom is -0.383 e. The molecule has 178 valence electrons. The van der Waals surface area contributed by atoms with Gasteiger partial charge in [0.05, 0.1) is 25.1 Å². The molecule has 0 radical (unpaired) electrons. The third-order valence-corrected chi connectivity index (χ3v) is 7.42. The van der Waals surface area contributed by atoms with Gasteiger partial charge in [-0.25, -0.2) is 0 Å². The smallest absolute Gasteiger partial charge is 0.242 e. The second-order valence-electron chi connectivity index (χ2n) is 9.43. The van der Waals surface area contributed by atoms with Gasteiger partial charge < -0.3 is 14.5 Å². The van der Waals surface area contributed by atoms with Gasteiger partial charge >= 0.3 is 0 Å².